The van der Waals surface area contributed by atoms with Crippen LogP contribution in [0.3, 0.4) is 0 Å². The molecule has 4 N–H and O–H groups in total. The number of esters is 2. The molecule has 152 valence electrons. The molecule has 2 rings (SSSR count). The molecule has 1 amide bonds. The van der Waals surface area contributed by atoms with E-state index >= 15 is 0 Å². The molecule has 1 atom stereocenters. The van der Waals surface area contributed by atoms with E-state index in [9.17, 15) is 14.4 Å². The lowest BCUT2D eigenvalue weighted by Crippen LogP contribution is -2.31. The molecule has 0 saturated heterocycles. The molecule has 11 nitrogen and oxygen atoms in total. The standard InChI is InChI=1S/C18H20N6O5/c1-9-8-14(27)22-23-15(9)12-4-6-13(7-5-12)21-24-16(17(19)28-10(2)25)18(20)29-11(3)26/h4-7,9,19-21H,8H2,1-3H3,(H,22,27). The molecule has 1 aromatic rings. The number of ether oxygens (including phenoxy) is 2. The summed E-state index contributed by atoms with van der Waals surface area (Å²) in [7, 11) is 0. The van der Waals surface area contributed by atoms with Gasteiger partial charge in [0.15, 0.2) is 0 Å². The summed E-state index contributed by atoms with van der Waals surface area (Å²) >= 11 is 0. The van der Waals surface area contributed by atoms with Crippen molar-refractivity contribution in [2.24, 2.45) is 16.1 Å². The first kappa shape index (κ1) is 21.4. The van der Waals surface area contributed by atoms with E-state index in [1.807, 2.05) is 6.92 Å². The third-order valence-corrected chi connectivity index (χ3v) is 3.66. The van der Waals surface area contributed by atoms with Crippen LogP contribution in [0, 0.1) is 16.7 Å². The maximum absolute atomic E-state index is 11.4. The van der Waals surface area contributed by atoms with Crippen molar-refractivity contribution in [1.82, 2.24) is 5.43 Å². The molecule has 0 fully saturated rings. The molecule has 11 heteroatoms. The zero-order valence-corrected chi connectivity index (χ0v) is 16.0. The predicted octanol–water partition coefficient (Wildman–Crippen LogP) is 1.40. The first-order valence-corrected chi connectivity index (χ1v) is 8.52. The molecule has 29 heavy (non-hydrogen) atoms. The van der Waals surface area contributed by atoms with E-state index < -0.39 is 29.4 Å². The highest BCUT2D eigenvalue weighted by atomic mass is 16.6. The van der Waals surface area contributed by atoms with Crippen molar-refractivity contribution in [3.8, 4) is 0 Å². The summed E-state index contributed by atoms with van der Waals surface area (Å²) in [5.41, 5.74) is 6.65. The number of carbonyl (C=O) groups excluding carboxylic acids is 3. The highest BCUT2D eigenvalue weighted by Gasteiger charge is 2.22. The normalized spacial score (nSPS) is 15.3. The van der Waals surface area contributed by atoms with Crippen LogP contribution >= 0.6 is 0 Å². The van der Waals surface area contributed by atoms with Gasteiger partial charge < -0.3 is 9.47 Å². The third kappa shape index (κ3) is 6.06. The molecule has 0 spiro atoms. The minimum absolute atomic E-state index is 0.0272. The summed E-state index contributed by atoms with van der Waals surface area (Å²) in [6.07, 6.45) is 0.350. The van der Waals surface area contributed by atoms with Crippen LogP contribution in [-0.2, 0) is 23.9 Å². The maximum atomic E-state index is 11.4. The van der Waals surface area contributed by atoms with Gasteiger partial charge in [-0.25, -0.2) is 5.43 Å². The number of benzene rings is 1. The van der Waals surface area contributed by atoms with E-state index in [0.29, 0.717) is 12.1 Å². The zero-order chi connectivity index (χ0) is 21.6. The van der Waals surface area contributed by atoms with Gasteiger partial charge in [0.05, 0.1) is 11.4 Å². The number of nitrogens with one attached hydrogen (secondary N) is 4. The second kappa shape index (κ2) is 9.35. The molecule has 1 aromatic carbocycles. The van der Waals surface area contributed by atoms with Crippen LogP contribution < -0.4 is 10.9 Å². The number of rotatable bonds is 5. The fraction of sp³-hybridized carbons (Fsp3) is 0.278. The van der Waals surface area contributed by atoms with Crippen molar-refractivity contribution in [1.29, 1.82) is 10.8 Å². The Labute approximate surface area is 166 Å². The summed E-state index contributed by atoms with van der Waals surface area (Å²) in [6.45, 7) is 4.08. The van der Waals surface area contributed by atoms with E-state index in [1.165, 1.54) is 0 Å². The fourth-order valence-corrected chi connectivity index (χ4v) is 2.43. The monoisotopic (exact) mass is 400 g/mol. The van der Waals surface area contributed by atoms with Crippen molar-refractivity contribution in [3.63, 3.8) is 0 Å². The lowest BCUT2D eigenvalue weighted by Gasteiger charge is -2.19. The first-order valence-electron chi connectivity index (χ1n) is 8.52. The van der Waals surface area contributed by atoms with Crippen LogP contribution in [0.15, 0.2) is 34.5 Å². The quantitative estimate of drug-likeness (QED) is 0.252. The van der Waals surface area contributed by atoms with Crippen LogP contribution in [-0.4, -0.2) is 41.1 Å². The Morgan fingerprint density at radius 1 is 1.14 bits per heavy atom. The highest BCUT2D eigenvalue weighted by molar-refractivity contribution is 6.65. The molecular weight excluding hydrogens is 380 g/mol. The summed E-state index contributed by atoms with van der Waals surface area (Å²) in [6, 6.07) is 6.87. The van der Waals surface area contributed by atoms with Gasteiger partial charge in [0.25, 0.3) is 0 Å². The SMILES string of the molecule is CC(=O)OC(=N)C(=NNc1ccc(C2=NNC(=O)CC2C)cc1)C(=N)OC(C)=O. The average Bonchev–Trinajstić information content (AvgIpc) is 2.61. The van der Waals surface area contributed by atoms with Gasteiger partial charge in [0.1, 0.15) is 0 Å². The predicted molar refractivity (Wildman–Crippen MR) is 105 cm³/mol. The lowest BCUT2D eigenvalue weighted by atomic mass is 9.94. The Kier molecular flexibility index (Phi) is 6.90. The van der Waals surface area contributed by atoms with Gasteiger partial charge in [-0.15, -0.1) is 0 Å². The van der Waals surface area contributed by atoms with Crippen molar-refractivity contribution in [2.45, 2.75) is 27.2 Å². The number of anilines is 1. The summed E-state index contributed by atoms with van der Waals surface area (Å²) in [5.74, 6) is -3.20. The molecule has 0 aromatic heterocycles. The second-order valence-corrected chi connectivity index (χ2v) is 6.13. The number of amides is 1. The number of carbonyl (C=O) groups is 3. The minimum Gasteiger partial charge on any atom is -0.406 e. The summed E-state index contributed by atoms with van der Waals surface area (Å²) in [5, 5.41) is 23.4. The van der Waals surface area contributed by atoms with Gasteiger partial charge in [-0.05, 0) is 17.7 Å². The maximum Gasteiger partial charge on any atom is 0.309 e. The van der Waals surface area contributed by atoms with Gasteiger partial charge in [0, 0.05) is 26.2 Å². The smallest absolute Gasteiger partial charge is 0.309 e. The molecule has 0 saturated carbocycles. The average molecular weight is 400 g/mol. The Morgan fingerprint density at radius 3 is 2.17 bits per heavy atom. The minimum atomic E-state index is -0.780. The van der Waals surface area contributed by atoms with Crippen molar-refractivity contribution in [2.75, 3.05) is 5.43 Å². The molecule has 1 aliphatic heterocycles. The van der Waals surface area contributed by atoms with Gasteiger partial charge in [0.2, 0.25) is 23.4 Å². The van der Waals surface area contributed by atoms with E-state index in [1.54, 1.807) is 24.3 Å². The largest absolute Gasteiger partial charge is 0.406 e. The lowest BCUT2D eigenvalue weighted by molar-refractivity contribution is -0.133. The second-order valence-electron chi connectivity index (χ2n) is 6.13. The highest BCUT2D eigenvalue weighted by Crippen LogP contribution is 2.18. The van der Waals surface area contributed by atoms with Crippen LogP contribution in [0.1, 0.15) is 32.8 Å². The van der Waals surface area contributed by atoms with Crippen molar-refractivity contribution in [3.05, 3.63) is 29.8 Å². The van der Waals surface area contributed by atoms with Crippen LogP contribution in [0.25, 0.3) is 0 Å². The van der Waals surface area contributed by atoms with E-state index in [-0.39, 0.29) is 11.8 Å². The number of hydrogen-bond acceptors (Lipinski definition) is 10. The number of hydrogen-bond donors (Lipinski definition) is 4. The van der Waals surface area contributed by atoms with Crippen LogP contribution in [0.4, 0.5) is 5.69 Å². The molecule has 1 heterocycles. The van der Waals surface area contributed by atoms with Crippen molar-refractivity contribution < 1.29 is 23.9 Å². The Morgan fingerprint density at radius 2 is 1.69 bits per heavy atom. The fourth-order valence-electron chi connectivity index (χ4n) is 2.43. The molecule has 1 unspecified atom stereocenters. The molecule has 1 aliphatic rings. The van der Waals surface area contributed by atoms with E-state index in [2.05, 4.69) is 30.5 Å². The third-order valence-electron chi connectivity index (χ3n) is 3.66. The van der Waals surface area contributed by atoms with Gasteiger partial charge in [-0.2, -0.15) is 10.2 Å². The van der Waals surface area contributed by atoms with Gasteiger partial charge in [-0.1, -0.05) is 19.1 Å². The van der Waals surface area contributed by atoms with Crippen LogP contribution in [0.5, 0.6) is 0 Å². The van der Waals surface area contributed by atoms with E-state index in [4.69, 9.17) is 10.8 Å². The number of nitrogens with zero attached hydrogens (tertiary/aromatic N) is 2. The Hall–Kier alpha value is -3.89. The van der Waals surface area contributed by atoms with Gasteiger partial charge >= 0.3 is 11.9 Å². The Balaban J connectivity index is 2.18. The van der Waals surface area contributed by atoms with Crippen LogP contribution in [0.2, 0.25) is 0 Å². The molecule has 0 radical (unpaired) electrons. The molecule has 0 bridgehead atoms. The van der Waals surface area contributed by atoms with Gasteiger partial charge in [-0.3, -0.25) is 30.6 Å². The van der Waals surface area contributed by atoms with Crippen molar-refractivity contribution >= 4 is 46.8 Å². The first-order chi connectivity index (χ1) is 13.7. The molecule has 0 aliphatic carbocycles. The zero-order valence-electron chi connectivity index (χ0n) is 16.0. The number of hydrazone groups is 2. The topological polar surface area (TPSA) is 166 Å². The molecular formula is C18H20N6O5. The van der Waals surface area contributed by atoms with E-state index in [0.717, 1.165) is 25.1 Å². The Bertz CT molecular complexity index is 889. The summed E-state index contributed by atoms with van der Waals surface area (Å²) in [4.78, 5) is 33.5. The summed E-state index contributed by atoms with van der Waals surface area (Å²) < 4.78 is 9.23.